The van der Waals surface area contributed by atoms with E-state index in [1.807, 2.05) is 6.92 Å². The fourth-order valence-electron chi connectivity index (χ4n) is 1.37. The number of phenolic OH excluding ortho intramolecular Hbond substituents is 1. The zero-order chi connectivity index (χ0) is 10.7. The van der Waals surface area contributed by atoms with E-state index < -0.39 is 5.82 Å². The van der Waals surface area contributed by atoms with E-state index in [-0.39, 0.29) is 17.5 Å². The minimum Gasteiger partial charge on any atom is -0.505 e. The van der Waals surface area contributed by atoms with Crippen LogP contribution in [-0.4, -0.2) is 5.11 Å². The molecule has 0 heterocycles. The number of hydrogen-bond donors (Lipinski definition) is 3. The average Bonchev–Trinajstić information content (AvgIpc) is 2.15. The molecule has 1 aromatic rings. The summed E-state index contributed by atoms with van der Waals surface area (Å²) in [5.41, 5.74) is 11.4. The Labute approximate surface area is 82.5 Å². The highest BCUT2D eigenvalue weighted by Gasteiger charge is 2.14. The standard InChI is InChI=1S/C10H15FN2O/c1-2-3-8(12)6-4-5-7(11)9(13)10(6)14/h4-5,8,14H,2-3,12-13H2,1H3. The first-order valence-electron chi connectivity index (χ1n) is 4.60. The highest BCUT2D eigenvalue weighted by molar-refractivity contribution is 5.57. The van der Waals surface area contributed by atoms with E-state index >= 15 is 0 Å². The van der Waals surface area contributed by atoms with E-state index in [0.29, 0.717) is 5.56 Å². The van der Waals surface area contributed by atoms with Crippen molar-refractivity contribution >= 4 is 5.69 Å². The lowest BCUT2D eigenvalue weighted by atomic mass is 10.0. The van der Waals surface area contributed by atoms with Crippen molar-refractivity contribution in [2.24, 2.45) is 5.73 Å². The van der Waals surface area contributed by atoms with Crippen LogP contribution in [0.4, 0.5) is 10.1 Å². The summed E-state index contributed by atoms with van der Waals surface area (Å²) >= 11 is 0. The second-order valence-electron chi connectivity index (χ2n) is 3.29. The molecule has 0 aromatic heterocycles. The highest BCUT2D eigenvalue weighted by atomic mass is 19.1. The maximum absolute atomic E-state index is 12.9. The van der Waals surface area contributed by atoms with Gasteiger partial charge in [-0.25, -0.2) is 4.39 Å². The second kappa shape index (κ2) is 4.28. The fourth-order valence-corrected chi connectivity index (χ4v) is 1.37. The first kappa shape index (κ1) is 10.8. The van der Waals surface area contributed by atoms with Gasteiger partial charge in [0.1, 0.15) is 17.3 Å². The monoisotopic (exact) mass is 198 g/mol. The second-order valence-corrected chi connectivity index (χ2v) is 3.29. The molecule has 1 unspecified atom stereocenters. The van der Waals surface area contributed by atoms with Gasteiger partial charge in [0.25, 0.3) is 0 Å². The van der Waals surface area contributed by atoms with Crippen molar-refractivity contribution in [2.45, 2.75) is 25.8 Å². The maximum atomic E-state index is 12.9. The lowest BCUT2D eigenvalue weighted by Gasteiger charge is -2.13. The zero-order valence-corrected chi connectivity index (χ0v) is 8.13. The smallest absolute Gasteiger partial charge is 0.149 e. The molecule has 0 aliphatic heterocycles. The van der Waals surface area contributed by atoms with Gasteiger partial charge in [-0.2, -0.15) is 0 Å². The SMILES string of the molecule is CCCC(N)c1ccc(F)c(N)c1O. The molecule has 0 bridgehead atoms. The zero-order valence-electron chi connectivity index (χ0n) is 8.13. The number of nitrogens with two attached hydrogens (primary N) is 2. The minimum absolute atomic E-state index is 0.228. The number of hydrogen-bond acceptors (Lipinski definition) is 3. The van der Waals surface area contributed by atoms with Crippen molar-refractivity contribution < 1.29 is 9.50 Å². The van der Waals surface area contributed by atoms with Crippen molar-refractivity contribution in [2.75, 3.05) is 5.73 Å². The Morgan fingerprint density at radius 2 is 2.14 bits per heavy atom. The number of aromatic hydroxyl groups is 1. The highest BCUT2D eigenvalue weighted by Crippen LogP contribution is 2.32. The van der Waals surface area contributed by atoms with Crippen LogP contribution >= 0.6 is 0 Å². The molecule has 4 heteroatoms. The van der Waals surface area contributed by atoms with Gasteiger partial charge in [-0.15, -0.1) is 0 Å². The van der Waals surface area contributed by atoms with Crippen LogP contribution in [0.25, 0.3) is 0 Å². The lowest BCUT2D eigenvalue weighted by molar-refractivity contribution is 0.456. The van der Waals surface area contributed by atoms with Gasteiger partial charge >= 0.3 is 0 Å². The van der Waals surface area contributed by atoms with Crippen molar-refractivity contribution in [3.63, 3.8) is 0 Å². The Morgan fingerprint density at radius 1 is 1.50 bits per heavy atom. The summed E-state index contributed by atoms with van der Waals surface area (Å²) in [5.74, 6) is -0.846. The Balaban J connectivity index is 3.04. The normalized spacial score (nSPS) is 12.8. The average molecular weight is 198 g/mol. The Kier molecular flexibility index (Phi) is 3.30. The molecule has 1 aromatic carbocycles. The predicted octanol–water partition coefficient (Wildman–Crippen LogP) is 1.91. The van der Waals surface area contributed by atoms with Crippen molar-refractivity contribution in [1.29, 1.82) is 0 Å². The molecule has 3 nitrogen and oxygen atoms in total. The molecule has 0 amide bonds. The third-order valence-electron chi connectivity index (χ3n) is 2.19. The topological polar surface area (TPSA) is 72.3 Å². The van der Waals surface area contributed by atoms with Crippen LogP contribution in [0.2, 0.25) is 0 Å². The van der Waals surface area contributed by atoms with Crippen LogP contribution in [0.5, 0.6) is 5.75 Å². The van der Waals surface area contributed by atoms with Crippen LogP contribution in [-0.2, 0) is 0 Å². The van der Waals surface area contributed by atoms with Crippen LogP contribution in [0.15, 0.2) is 12.1 Å². The molecule has 5 N–H and O–H groups in total. The summed E-state index contributed by atoms with van der Waals surface area (Å²) < 4.78 is 12.9. The number of halogens is 1. The molecule has 0 saturated carbocycles. The van der Waals surface area contributed by atoms with E-state index in [4.69, 9.17) is 11.5 Å². The van der Waals surface area contributed by atoms with Gasteiger partial charge in [-0.1, -0.05) is 19.4 Å². The molecule has 0 saturated heterocycles. The van der Waals surface area contributed by atoms with Gasteiger partial charge < -0.3 is 16.6 Å². The Morgan fingerprint density at radius 3 is 2.71 bits per heavy atom. The van der Waals surface area contributed by atoms with E-state index in [1.54, 1.807) is 0 Å². The van der Waals surface area contributed by atoms with Gasteiger partial charge in [0.15, 0.2) is 0 Å². The number of nitrogen functional groups attached to an aromatic ring is 1. The fraction of sp³-hybridized carbons (Fsp3) is 0.400. The number of phenols is 1. The van der Waals surface area contributed by atoms with Gasteiger partial charge in [0, 0.05) is 11.6 Å². The van der Waals surface area contributed by atoms with Crippen LogP contribution in [0.1, 0.15) is 31.4 Å². The van der Waals surface area contributed by atoms with Crippen LogP contribution in [0, 0.1) is 5.82 Å². The minimum atomic E-state index is -0.616. The first-order chi connectivity index (χ1) is 6.57. The van der Waals surface area contributed by atoms with E-state index in [0.717, 1.165) is 12.8 Å². The summed E-state index contributed by atoms with van der Waals surface area (Å²) in [6, 6.07) is 2.41. The number of rotatable bonds is 3. The van der Waals surface area contributed by atoms with Crippen molar-refractivity contribution in [3.8, 4) is 5.75 Å². The van der Waals surface area contributed by atoms with Crippen LogP contribution < -0.4 is 11.5 Å². The molecule has 0 radical (unpaired) electrons. The summed E-state index contributed by atoms with van der Waals surface area (Å²) in [6.07, 6.45) is 1.64. The summed E-state index contributed by atoms with van der Waals surface area (Å²) in [5, 5.41) is 9.53. The summed E-state index contributed by atoms with van der Waals surface area (Å²) in [6.45, 7) is 1.99. The van der Waals surface area contributed by atoms with Crippen molar-refractivity contribution in [3.05, 3.63) is 23.5 Å². The Bertz CT molecular complexity index is 328. The van der Waals surface area contributed by atoms with E-state index in [9.17, 15) is 9.50 Å². The Hall–Kier alpha value is -1.29. The molecule has 0 aliphatic carbocycles. The molecule has 0 spiro atoms. The van der Waals surface area contributed by atoms with E-state index in [2.05, 4.69) is 0 Å². The molecule has 0 aliphatic rings. The lowest BCUT2D eigenvalue weighted by Crippen LogP contribution is -2.11. The molecular weight excluding hydrogens is 183 g/mol. The van der Waals surface area contributed by atoms with Gasteiger partial charge in [-0.05, 0) is 12.5 Å². The van der Waals surface area contributed by atoms with Gasteiger partial charge in [0.05, 0.1) is 0 Å². The van der Waals surface area contributed by atoms with Gasteiger partial charge in [-0.3, -0.25) is 0 Å². The molecule has 1 rings (SSSR count). The summed E-state index contributed by atoms with van der Waals surface area (Å²) in [4.78, 5) is 0. The molecule has 14 heavy (non-hydrogen) atoms. The maximum Gasteiger partial charge on any atom is 0.149 e. The predicted molar refractivity (Wildman–Crippen MR) is 54.3 cm³/mol. The quantitative estimate of drug-likeness (QED) is 0.513. The number of benzene rings is 1. The van der Waals surface area contributed by atoms with Crippen LogP contribution in [0.3, 0.4) is 0 Å². The largest absolute Gasteiger partial charge is 0.505 e. The molecule has 0 fully saturated rings. The molecule has 78 valence electrons. The summed E-state index contributed by atoms with van der Waals surface area (Å²) in [7, 11) is 0. The third-order valence-corrected chi connectivity index (χ3v) is 2.19. The number of anilines is 1. The van der Waals surface area contributed by atoms with Gasteiger partial charge in [0.2, 0.25) is 0 Å². The van der Waals surface area contributed by atoms with E-state index in [1.165, 1.54) is 12.1 Å². The third kappa shape index (κ3) is 1.96. The first-order valence-corrected chi connectivity index (χ1v) is 4.60. The molecular formula is C10H15FN2O. The molecule has 1 atom stereocenters. The van der Waals surface area contributed by atoms with Crippen molar-refractivity contribution in [1.82, 2.24) is 0 Å².